The third kappa shape index (κ3) is 3.83. The molecule has 0 bridgehead atoms. The van der Waals surface area contributed by atoms with Gasteiger partial charge in [0.2, 0.25) is 5.16 Å². The van der Waals surface area contributed by atoms with Gasteiger partial charge >= 0.3 is 0 Å². The van der Waals surface area contributed by atoms with Gasteiger partial charge in [-0.25, -0.2) is 4.68 Å². The zero-order valence-electron chi connectivity index (χ0n) is 13.4. The van der Waals surface area contributed by atoms with Crippen molar-refractivity contribution in [2.75, 3.05) is 14.1 Å². The average Bonchev–Trinajstić information content (AvgIpc) is 3.25. The maximum absolute atomic E-state index is 12.0. The molecule has 1 amide bonds. The number of carbonyl (C=O) groups is 1. The first-order valence-electron chi connectivity index (χ1n) is 7.35. The van der Waals surface area contributed by atoms with Crippen LogP contribution in [0.3, 0.4) is 0 Å². The van der Waals surface area contributed by atoms with Gasteiger partial charge in [0, 0.05) is 25.4 Å². The molecular weight excluding hydrogens is 326 g/mol. The zero-order valence-corrected chi connectivity index (χ0v) is 14.2. The van der Waals surface area contributed by atoms with E-state index in [4.69, 9.17) is 4.42 Å². The molecular formula is C16H17N5O2S. The summed E-state index contributed by atoms with van der Waals surface area (Å²) in [6.45, 7) is 0.488. The molecule has 0 aliphatic carbocycles. The first kappa shape index (κ1) is 16.3. The molecule has 1 aromatic carbocycles. The van der Waals surface area contributed by atoms with Crippen LogP contribution in [0.5, 0.6) is 0 Å². The molecule has 0 aliphatic heterocycles. The van der Waals surface area contributed by atoms with Crippen molar-refractivity contribution in [3.63, 3.8) is 0 Å². The largest absolute Gasteiger partial charge is 0.467 e. The summed E-state index contributed by atoms with van der Waals surface area (Å²) in [5.74, 6) is 1.46. The van der Waals surface area contributed by atoms with Crippen LogP contribution >= 0.6 is 11.8 Å². The van der Waals surface area contributed by atoms with Crippen molar-refractivity contribution in [1.82, 2.24) is 25.1 Å². The maximum atomic E-state index is 12.0. The topological polar surface area (TPSA) is 77.1 Å². The van der Waals surface area contributed by atoms with E-state index < -0.39 is 0 Å². The highest BCUT2D eigenvalue weighted by Gasteiger charge is 2.11. The minimum atomic E-state index is -0.00972. The Bertz CT molecular complexity index is 814. The van der Waals surface area contributed by atoms with Gasteiger partial charge < -0.3 is 9.32 Å². The lowest BCUT2D eigenvalue weighted by Gasteiger charge is -2.11. The number of tetrazole rings is 1. The van der Waals surface area contributed by atoms with Gasteiger partial charge in [0.15, 0.2) is 0 Å². The van der Waals surface area contributed by atoms with Gasteiger partial charge in [-0.3, -0.25) is 4.79 Å². The zero-order chi connectivity index (χ0) is 16.9. The van der Waals surface area contributed by atoms with Crippen molar-refractivity contribution in [2.24, 2.45) is 0 Å². The summed E-state index contributed by atoms with van der Waals surface area (Å²) in [6, 6.07) is 11.3. The van der Waals surface area contributed by atoms with Crippen molar-refractivity contribution >= 4 is 17.7 Å². The number of aromatic nitrogens is 4. The lowest BCUT2D eigenvalue weighted by molar-refractivity contribution is 0.0827. The molecule has 2 aromatic heterocycles. The molecule has 2 heterocycles. The van der Waals surface area contributed by atoms with Crippen molar-refractivity contribution < 1.29 is 9.21 Å². The summed E-state index contributed by atoms with van der Waals surface area (Å²) in [5.41, 5.74) is 1.72. The van der Waals surface area contributed by atoms with E-state index in [1.165, 1.54) is 11.8 Å². The van der Waals surface area contributed by atoms with E-state index >= 15 is 0 Å². The lowest BCUT2D eigenvalue weighted by atomic mass is 10.1. The molecule has 0 atom stereocenters. The number of furan rings is 1. The van der Waals surface area contributed by atoms with Gasteiger partial charge in [-0.05, 0) is 40.3 Å². The van der Waals surface area contributed by atoms with Crippen LogP contribution < -0.4 is 0 Å². The van der Waals surface area contributed by atoms with E-state index in [2.05, 4.69) is 15.5 Å². The van der Waals surface area contributed by atoms with Crippen molar-refractivity contribution in [3.8, 4) is 0 Å². The Kier molecular flexibility index (Phi) is 4.95. The van der Waals surface area contributed by atoms with Crippen LogP contribution in [-0.2, 0) is 12.3 Å². The number of thioether (sulfide) groups is 1. The van der Waals surface area contributed by atoms with Crippen LogP contribution in [0.4, 0.5) is 0 Å². The van der Waals surface area contributed by atoms with E-state index in [-0.39, 0.29) is 5.91 Å². The van der Waals surface area contributed by atoms with Crippen molar-refractivity contribution in [2.45, 2.75) is 17.5 Å². The number of nitrogens with zero attached hydrogens (tertiary/aromatic N) is 5. The molecule has 0 unspecified atom stereocenters. The second-order valence-electron chi connectivity index (χ2n) is 5.39. The van der Waals surface area contributed by atoms with Crippen LogP contribution in [0.15, 0.2) is 52.2 Å². The Hall–Kier alpha value is -2.61. The monoisotopic (exact) mass is 343 g/mol. The molecule has 0 N–H and O–H groups in total. The fourth-order valence-corrected chi connectivity index (χ4v) is 2.97. The minimum Gasteiger partial charge on any atom is -0.467 e. The van der Waals surface area contributed by atoms with E-state index in [9.17, 15) is 4.79 Å². The number of rotatable bonds is 6. The van der Waals surface area contributed by atoms with Gasteiger partial charge in [0.05, 0.1) is 6.26 Å². The quantitative estimate of drug-likeness (QED) is 0.639. The van der Waals surface area contributed by atoms with Gasteiger partial charge in [0.1, 0.15) is 12.3 Å². The Morgan fingerprint density at radius 2 is 2.17 bits per heavy atom. The van der Waals surface area contributed by atoms with E-state index in [1.54, 1.807) is 29.9 Å². The molecule has 0 spiro atoms. The summed E-state index contributed by atoms with van der Waals surface area (Å²) in [7, 11) is 3.49. The van der Waals surface area contributed by atoms with Crippen LogP contribution in [-0.4, -0.2) is 45.1 Å². The Labute approximate surface area is 143 Å². The first-order valence-corrected chi connectivity index (χ1v) is 8.34. The average molecular weight is 343 g/mol. The molecule has 0 radical (unpaired) electrons. The predicted molar refractivity (Wildman–Crippen MR) is 89.6 cm³/mol. The fraction of sp³-hybridized carbons (Fsp3) is 0.250. The van der Waals surface area contributed by atoms with Gasteiger partial charge in [-0.1, -0.05) is 23.9 Å². The molecule has 3 aromatic rings. The number of hydrogen-bond donors (Lipinski definition) is 0. The summed E-state index contributed by atoms with van der Waals surface area (Å²) < 4.78 is 7.01. The van der Waals surface area contributed by atoms with Crippen LogP contribution in [0.1, 0.15) is 21.7 Å². The smallest absolute Gasteiger partial charge is 0.253 e. The molecule has 0 saturated carbocycles. The predicted octanol–water partition coefficient (Wildman–Crippen LogP) is 2.31. The number of benzene rings is 1. The molecule has 124 valence electrons. The van der Waals surface area contributed by atoms with Crippen LogP contribution in [0.25, 0.3) is 0 Å². The first-order chi connectivity index (χ1) is 11.6. The number of carbonyl (C=O) groups excluding carboxylic acids is 1. The SMILES string of the molecule is CN(C)C(=O)c1cccc(CSc2nnnn2Cc2ccco2)c1. The summed E-state index contributed by atoms with van der Waals surface area (Å²) in [4.78, 5) is 13.6. The normalized spacial score (nSPS) is 10.8. The van der Waals surface area contributed by atoms with E-state index in [0.717, 1.165) is 11.3 Å². The third-order valence-corrected chi connectivity index (χ3v) is 4.36. The Morgan fingerprint density at radius 1 is 1.29 bits per heavy atom. The third-order valence-electron chi connectivity index (χ3n) is 3.33. The van der Waals surface area contributed by atoms with Gasteiger partial charge in [-0.2, -0.15) is 0 Å². The Morgan fingerprint density at radius 3 is 2.92 bits per heavy atom. The summed E-state index contributed by atoms with van der Waals surface area (Å²) in [5, 5.41) is 12.5. The van der Waals surface area contributed by atoms with Crippen molar-refractivity contribution in [1.29, 1.82) is 0 Å². The molecule has 0 fully saturated rings. The summed E-state index contributed by atoms with van der Waals surface area (Å²) in [6.07, 6.45) is 1.62. The van der Waals surface area contributed by atoms with E-state index in [0.29, 0.717) is 23.0 Å². The molecule has 7 nitrogen and oxygen atoms in total. The Balaban J connectivity index is 1.67. The lowest BCUT2D eigenvalue weighted by Crippen LogP contribution is -2.21. The highest BCUT2D eigenvalue weighted by atomic mass is 32.2. The maximum Gasteiger partial charge on any atom is 0.253 e. The molecule has 3 rings (SSSR count). The highest BCUT2D eigenvalue weighted by molar-refractivity contribution is 7.98. The highest BCUT2D eigenvalue weighted by Crippen LogP contribution is 2.21. The molecule has 8 heteroatoms. The second-order valence-corrected chi connectivity index (χ2v) is 6.33. The molecule has 0 aliphatic rings. The number of amides is 1. The van der Waals surface area contributed by atoms with Gasteiger partial charge in [0.25, 0.3) is 5.91 Å². The molecule has 0 saturated heterocycles. The van der Waals surface area contributed by atoms with E-state index in [1.807, 2.05) is 36.4 Å². The minimum absolute atomic E-state index is 0.00972. The summed E-state index contributed by atoms with van der Waals surface area (Å²) >= 11 is 1.52. The second kappa shape index (κ2) is 7.31. The van der Waals surface area contributed by atoms with Crippen LogP contribution in [0.2, 0.25) is 0 Å². The van der Waals surface area contributed by atoms with Crippen LogP contribution in [0, 0.1) is 0 Å². The standard InChI is InChI=1S/C16H17N5O2S/c1-20(2)15(22)13-6-3-5-12(9-13)11-24-16-17-18-19-21(16)10-14-7-4-8-23-14/h3-9H,10-11H2,1-2H3. The van der Waals surface area contributed by atoms with Gasteiger partial charge in [-0.15, -0.1) is 5.10 Å². The molecule has 24 heavy (non-hydrogen) atoms. The number of hydrogen-bond acceptors (Lipinski definition) is 6. The fourth-order valence-electron chi connectivity index (χ4n) is 2.15. The van der Waals surface area contributed by atoms with Crippen molar-refractivity contribution in [3.05, 3.63) is 59.5 Å².